The molecule has 2 heterocycles. The van der Waals surface area contributed by atoms with Gasteiger partial charge in [-0.05, 0) is 37.5 Å². The van der Waals surface area contributed by atoms with Crippen molar-refractivity contribution in [1.29, 1.82) is 0 Å². The summed E-state index contributed by atoms with van der Waals surface area (Å²) in [6, 6.07) is 10.6. The zero-order chi connectivity index (χ0) is 19.6. The Hall–Kier alpha value is -2.96. The Morgan fingerprint density at radius 1 is 1.22 bits per heavy atom. The van der Waals surface area contributed by atoms with Crippen LogP contribution in [0.15, 0.2) is 36.4 Å². The smallest absolute Gasteiger partial charge is 0.273 e. The van der Waals surface area contributed by atoms with Crippen LogP contribution in [-0.4, -0.2) is 45.8 Å². The van der Waals surface area contributed by atoms with Crippen molar-refractivity contribution in [2.75, 3.05) is 23.7 Å². The van der Waals surface area contributed by atoms with Gasteiger partial charge < -0.3 is 15.5 Å². The Bertz CT molecular complexity index is 838. The molecule has 0 unspecified atom stereocenters. The number of nitrogen functional groups attached to an aromatic ring is 1. The highest BCUT2D eigenvalue weighted by Crippen LogP contribution is 2.21. The summed E-state index contributed by atoms with van der Waals surface area (Å²) in [4.78, 5) is 37.4. The third-order valence-corrected chi connectivity index (χ3v) is 4.62. The summed E-state index contributed by atoms with van der Waals surface area (Å²) in [6.07, 6.45) is 0.712. The first-order valence-electron chi connectivity index (χ1n) is 9.17. The molecule has 1 aliphatic rings. The van der Waals surface area contributed by atoms with E-state index in [4.69, 9.17) is 5.73 Å². The zero-order valence-electron chi connectivity index (χ0n) is 15.9. The Morgan fingerprint density at radius 3 is 2.59 bits per heavy atom. The van der Waals surface area contributed by atoms with E-state index in [9.17, 15) is 9.59 Å². The minimum absolute atomic E-state index is 0.0819. The number of benzene rings is 1. The molecule has 2 N–H and O–H groups in total. The van der Waals surface area contributed by atoms with Gasteiger partial charge in [-0.3, -0.25) is 9.59 Å². The first-order chi connectivity index (χ1) is 12.9. The third-order valence-electron chi connectivity index (χ3n) is 4.62. The van der Waals surface area contributed by atoms with Crippen molar-refractivity contribution >= 4 is 23.5 Å². The highest BCUT2D eigenvalue weighted by Gasteiger charge is 2.36. The van der Waals surface area contributed by atoms with Crippen LogP contribution >= 0.6 is 0 Å². The summed E-state index contributed by atoms with van der Waals surface area (Å²) in [5, 5.41) is 0. The molecule has 1 saturated heterocycles. The van der Waals surface area contributed by atoms with Gasteiger partial charge in [0.25, 0.3) is 5.91 Å². The maximum absolute atomic E-state index is 13.0. The predicted molar refractivity (Wildman–Crippen MR) is 104 cm³/mol. The number of aromatic nitrogens is 2. The quantitative estimate of drug-likeness (QED) is 0.894. The van der Waals surface area contributed by atoms with Crippen molar-refractivity contribution in [3.63, 3.8) is 0 Å². The molecule has 1 aliphatic heterocycles. The summed E-state index contributed by atoms with van der Waals surface area (Å²) in [5.41, 5.74) is 7.61. The Kier molecular flexibility index (Phi) is 5.39. The van der Waals surface area contributed by atoms with E-state index in [1.54, 1.807) is 22.8 Å². The lowest BCUT2D eigenvalue weighted by molar-refractivity contribution is -0.124. The molecule has 0 radical (unpaired) electrons. The topological polar surface area (TPSA) is 92.4 Å². The molecule has 142 valence electrons. The predicted octanol–water partition coefficient (Wildman–Crippen LogP) is 2.13. The van der Waals surface area contributed by atoms with Crippen molar-refractivity contribution in [1.82, 2.24) is 14.9 Å². The van der Waals surface area contributed by atoms with Crippen LogP contribution < -0.4 is 10.6 Å². The SMILES string of the molecule is CC(C)Cc1cc(C(=O)N2CCN(c3ccccc3)C(=O)[C@@H]2C)nc(N)n1. The van der Waals surface area contributed by atoms with Crippen molar-refractivity contribution in [3.05, 3.63) is 47.8 Å². The molecule has 2 amide bonds. The summed E-state index contributed by atoms with van der Waals surface area (Å²) in [5.74, 6) is 0.0727. The Balaban J connectivity index is 1.80. The van der Waals surface area contributed by atoms with Crippen LogP contribution in [0, 0.1) is 5.92 Å². The first-order valence-corrected chi connectivity index (χ1v) is 9.17. The number of hydrogen-bond acceptors (Lipinski definition) is 5. The maximum Gasteiger partial charge on any atom is 0.273 e. The second-order valence-electron chi connectivity index (χ2n) is 7.20. The van der Waals surface area contributed by atoms with E-state index in [0.717, 1.165) is 11.4 Å². The van der Waals surface area contributed by atoms with Crippen molar-refractivity contribution in [2.45, 2.75) is 33.2 Å². The van der Waals surface area contributed by atoms with Crippen LogP contribution in [0.25, 0.3) is 0 Å². The average molecular weight is 367 g/mol. The Labute approximate surface area is 159 Å². The molecule has 1 atom stereocenters. The van der Waals surface area contributed by atoms with Crippen LogP contribution in [0.3, 0.4) is 0 Å². The summed E-state index contributed by atoms with van der Waals surface area (Å²) in [7, 11) is 0. The number of rotatable bonds is 4. The van der Waals surface area contributed by atoms with Crippen LogP contribution in [0.5, 0.6) is 0 Å². The molecule has 0 bridgehead atoms. The summed E-state index contributed by atoms with van der Waals surface area (Å²) in [6.45, 7) is 6.77. The molecular weight excluding hydrogens is 342 g/mol. The largest absolute Gasteiger partial charge is 0.368 e. The van der Waals surface area contributed by atoms with Crippen LogP contribution in [0.2, 0.25) is 0 Å². The van der Waals surface area contributed by atoms with Gasteiger partial charge in [-0.15, -0.1) is 0 Å². The van der Waals surface area contributed by atoms with E-state index in [0.29, 0.717) is 25.4 Å². The van der Waals surface area contributed by atoms with Gasteiger partial charge in [0.05, 0.1) is 0 Å². The van der Waals surface area contributed by atoms with Gasteiger partial charge in [0.2, 0.25) is 11.9 Å². The minimum atomic E-state index is -0.573. The number of hydrogen-bond donors (Lipinski definition) is 1. The highest BCUT2D eigenvalue weighted by molar-refractivity contribution is 6.02. The molecule has 0 aliphatic carbocycles. The second-order valence-corrected chi connectivity index (χ2v) is 7.20. The number of carbonyl (C=O) groups is 2. The summed E-state index contributed by atoms with van der Waals surface area (Å²) >= 11 is 0. The number of carbonyl (C=O) groups excluding carboxylic acids is 2. The molecule has 1 aromatic heterocycles. The van der Waals surface area contributed by atoms with Gasteiger partial charge in [0, 0.05) is 24.5 Å². The minimum Gasteiger partial charge on any atom is -0.368 e. The fraction of sp³-hybridized carbons (Fsp3) is 0.400. The molecule has 27 heavy (non-hydrogen) atoms. The summed E-state index contributed by atoms with van der Waals surface area (Å²) < 4.78 is 0. The monoisotopic (exact) mass is 367 g/mol. The van der Waals surface area contributed by atoms with Gasteiger partial charge in [0.15, 0.2) is 0 Å². The number of para-hydroxylation sites is 1. The second kappa shape index (κ2) is 7.73. The average Bonchev–Trinajstić information content (AvgIpc) is 2.63. The van der Waals surface area contributed by atoms with E-state index < -0.39 is 6.04 Å². The van der Waals surface area contributed by atoms with Crippen molar-refractivity contribution < 1.29 is 9.59 Å². The molecule has 1 aromatic carbocycles. The van der Waals surface area contributed by atoms with E-state index >= 15 is 0 Å². The van der Waals surface area contributed by atoms with Crippen LogP contribution in [0.4, 0.5) is 11.6 Å². The van der Waals surface area contributed by atoms with Crippen LogP contribution in [-0.2, 0) is 11.2 Å². The van der Waals surface area contributed by atoms with Gasteiger partial charge >= 0.3 is 0 Å². The zero-order valence-corrected chi connectivity index (χ0v) is 15.9. The van der Waals surface area contributed by atoms with E-state index in [2.05, 4.69) is 23.8 Å². The lowest BCUT2D eigenvalue weighted by atomic mass is 10.1. The molecule has 2 aromatic rings. The third kappa shape index (κ3) is 4.07. The van der Waals surface area contributed by atoms with Gasteiger partial charge in [-0.25, -0.2) is 9.97 Å². The standard InChI is InChI=1S/C20H25N5O2/c1-13(2)11-15-12-17(23-20(21)22-15)19(27)24-9-10-25(18(26)14(24)3)16-7-5-4-6-8-16/h4-8,12-14H,9-11H2,1-3H3,(H2,21,22,23)/t14-/m0/s1. The molecule has 1 fully saturated rings. The normalized spacial score (nSPS) is 17.5. The molecule has 0 spiro atoms. The fourth-order valence-corrected chi connectivity index (χ4v) is 3.31. The fourth-order valence-electron chi connectivity index (χ4n) is 3.31. The molecule has 3 rings (SSSR count). The van der Waals surface area contributed by atoms with Crippen LogP contribution in [0.1, 0.15) is 37.0 Å². The number of piperazine rings is 1. The van der Waals surface area contributed by atoms with Crippen molar-refractivity contribution in [2.24, 2.45) is 5.92 Å². The van der Waals surface area contributed by atoms with Crippen molar-refractivity contribution in [3.8, 4) is 0 Å². The number of amides is 2. The number of anilines is 2. The maximum atomic E-state index is 13.0. The lowest BCUT2D eigenvalue weighted by Crippen LogP contribution is -2.57. The van der Waals surface area contributed by atoms with Gasteiger partial charge in [-0.1, -0.05) is 32.0 Å². The number of nitrogens with zero attached hydrogens (tertiary/aromatic N) is 4. The number of nitrogens with two attached hydrogens (primary N) is 1. The molecular formula is C20H25N5O2. The lowest BCUT2D eigenvalue weighted by Gasteiger charge is -2.39. The molecule has 0 saturated carbocycles. The van der Waals surface area contributed by atoms with E-state index in [1.807, 2.05) is 30.3 Å². The van der Waals surface area contributed by atoms with Gasteiger partial charge in [-0.2, -0.15) is 0 Å². The first kappa shape index (κ1) is 18.8. The highest BCUT2D eigenvalue weighted by atomic mass is 16.2. The van der Waals surface area contributed by atoms with Gasteiger partial charge in [0.1, 0.15) is 11.7 Å². The van der Waals surface area contributed by atoms with E-state index in [-0.39, 0.29) is 23.5 Å². The Morgan fingerprint density at radius 2 is 1.93 bits per heavy atom. The molecule has 7 nitrogen and oxygen atoms in total. The molecule has 7 heteroatoms. The van der Waals surface area contributed by atoms with E-state index in [1.165, 1.54) is 0 Å².